The van der Waals surface area contributed by atoms with Crippen LogP contribution in [0, 0.1) is 0 Å². The van der Waals surface area contributed by atoms with Gasteiger partial charge in [0.2, 0.25) is 5.91 Å². The zero-order valence-corrected chi connectivity index (χ0v) is 15.2. The van der Waals surface area contributed by atoms with Crippen molar-refractivity contribution in [3.05, 3.63) is 33.5 Å². The molecule has 130 valence electrons. The summed E-state index contributed by atoms with van der Waals surface area (Å²) in [6, 6.07) is 2.01. The zero-order chi connectivity index (χ0) is 17.4. The molecule has 1 amide bonds. The number of imidazole rings is 1. The van der Waals surface area contributed by atoms with Gasteiger partial charge in [0.1, 0.15) is 11.8 Å². The molecule has 1 atom stereocenters. The molecule has 0 radical (unpaired) electrons. The molecule has 3 aromatic rings. The molecule has 3 heterocycles. The first-order valence-electron chi connectivity index (χ1n) is 8.04. The molecule has 2 N–H and O–H groups in total. The van der Waals surface area contributed by atoms with Gasteiger partial charge in [-0.2, -0.15) is 0 Å². The number of carbonyl (C=O) groups excluding carboxylic acids is 1. The summed E-state index contributed by atoms with van der Waals surface area (Å²) >= 11 is 7.75. The third kappa shape index (κ3) is 3.19. The molecule has 7 nitrogen and oxygen atoms in total. The number of nitrogens with one attached hydrogen (secondary N) is 2. The van der Waals surface area contributed by atoms with Crippen molar-refractivity contribution >= 4 is 45.8 Å². The number of hydrogen-bond donors (Lipinski definition) is 2. The van der Waals surface area contributed by atoms with Crippen LogP contribution in [-0.4, -0.2) is 39.4 Å². The molecule has 9 heteroatoms. The van der Waals surface area contributed by atoms with Crippen LogP contribution in [0.25, 0.3) is 11.2 Å². The van der Waals surface area contributed by atoms with Gasteiger partial charge in [-0.05, 0) is 30.9 Å². The lowest BCUT2D eigenvalue weighted by atomic mass is 9.94. The van der Waals surface area contributed by atoms with E-state index in [0.717, 1.165) is 34.7 Å². The van der Waals surface area contributed by atoms with E-state index in [-0.39, 0.29) is 18.5 Å². The third-order valence-corrected chi connectivity index (χ3v) is 5.70. The highest BCUT2D eigenvalue weighted by molar-refractivity contribution is 7.16. The summed E-state index contributed by atoms with van der Waals surface area (Å²) in [7, 11) is 1.83. The maximum absolute atomic E-state index is 12.5. The van der Waals surface area contributed by atoms with Crippen molar-refractivity contribution in [2.75, 3.05) is 18.5 Å². The van der Waals surface area contributed by atoms with Crippen molar-refractivity contribution in [2.45, 2.75) is 25.3 Å². The second-order valence-corrected chi connectivity index (χ2v) is 7.86. The van der Waals surface area contributed by atoms with E-state index in [9.17, 15) is 4.79 Å². The van der Waals surface area contributed by atoms with E-state index in [0.29, 0.717) is 11.5 Å². The van der Waals surface area contributed by atoms with Crippen LogP contribution in [0.5, 0.6) is 0 Å². The molecule has 0 fully saturated rings. The summed E-state index contributed by atoms with van der Waals surface area (Å²) in [5, 5.41) is 3.13. The monoisotopic (exact) mass is 376 g/mol. The van der Waals surface area contributed by atoms with Gasteiger partial charge in [-0.3, -0.25) is 4.79 Å². The van der Waals surface area contributed by atoms with Gasteiger partial charge in [-0.25, -0.2) is 15.0 Å². The van der Waals surface area contributed by atoms with Crippen LogP contribution in [0.2, 0.25) is 4.34 Å². The fourth-order valence-electron chi connectivity index (χ4n) is 3.24. The first-order valence-corrected chi connectivity index (χ1v) is 9.24. The molecular weight excluding hydrogens is 360 g/mol. The molecule has 4 rings (SSSR count). The van der Waals surface area contributed by atoms with Crippen LogP contribution in [0.4, 0.5) is 5.82 Å². The van der Waals surface area contributed by atoms with Crippen LogP contribution >= 0.6 is 22.9 Å². The van der Waals surface area contributed by atoms with Crippen molar-refractivity contribution in [3.8, 4) is 0 Å². The molecular formula is C16H17ClN6OS. The minimum Gasteiger partial charge on any atom is -0.348 e. The number of rotatable bonds is 4. The van der Waals surface area contributed by atoms with E-state index in [1.165, 1.54) is 11.2 Å². The summed E-state index contributed by atoms with van der Waals surface area (Å²) < 4.78 is 0.783. The van der Waals surface area contributed by atoms with Crippen molar-refractivity contribution in [2.24, 2.45) is 0 Å². The third-order valence-electron chi connectivity index (χ3n) is 4.36. The number of likely N-dealkylation sites (N-methyl/N-ethyl adjacent to an activating group) is 1. The van der Waals surface area contributed by atoms with Gasteiger partial charge in [0.25, 0.3) is 0 Å². The standard InChI is InChI=1S/C16H17ClN6OS/c1-23(16-14-15(19-7-18-14)20-8-21-16)6-13(24)22-10-3-2-4-11-9(10)5-12(17)25-11/h5,7-8,10H,2-4,6H2,1H3,(H,22,24)(H,18,19,20,21). The van der Waals surface area contributed by atoms with Gasteiger partial charge in [0.05, 0.1) is 23.3 Å². The molecule has 3 aromatic heterocycles. The van der Waals surface area contributed by atoms with E-state index in [4.69, 9.17) is 11.6 Å². The number of anilines is 1. The van der Waals surface area contributed by atoms with E-state index in [1.807, 2.05) is 13.1 Å². The SMILES string of the molecule is CN(CC(=O)NC1CCCc2sc(Cl)cc21)c1ncnc2nc[nH]c12. The molecule has 0 bridgehead atoms. The number of thiophene rings is 1. The molecule has 1 aliphatic rings. The molecule has 0 aliphatic heterocycles. The lowest BCUT2D eigenvalue weighted by Gasteiger charge is -2.25. The number of amides is 1. The number of fused-ring (bicyclic) bond motifs is 2. The predicted octanol–water partition coefficient (Wildman–Crippen LogP) is 2.70. The van der Waals surface area contributed by atoms with Crippen molar-refractivity contribution < 1.29 is 4.79 Å². The Kier molecular flexibility index (Phi) is 4.30. The molecule has 0 spiro atoms. The Bertz CT molecular complexity index is 922. The van der Waals surface area contributed by atoms with Crippen LogP contribution in [0.15, 0.2) is 18.7 Å². The summed E-state index contributed by atoms with van der Waals surface area (Å²) in [6.07, 6.45) is 6.06. The van der Waals surface area contributed by atoms with Gasteiger partial charge >= 0.3 is 0 Å². The first kappa shape index (κ1) is 16.3. The molecule has 25 heavy (non-hydrogen) atoms. The smallest absolute Gasteiger partial charge is 0.240 e. The molecule has 0 saturated heterocycles. The minimum absolute atomic E-state index is 0.0333. The van der Waals surface area contributed by atoms with E-state index >= 15 is 0 Å². The number of aryl methyl sites for hydroxylation is 1. The lowest BCUT2D eigenvalue weighted by molar-refractivity contribution is -0.120. The topological polar surface area (TPSA) is 86.8 Å². The average Bonchev–Trinajstić information content (AvgIpc) is 3.20. The Morgan fingerprint density at radius 1 is 1.48 bits per heavy atom. The molecule has 0 aromatic carbocycles. The normalized spacial score (nSPS) is 16.6. The maximum atomic E-state index is 12.5. The minimum atomic E-state index is -0.0473. The number of aromatic nitrogens is 4. The number of carbonyl (C=O) groups is 1. The Hall–Kier alpha value is -2.19. The highest BCUT2D eigenvalue weighted by Gasteiger charge is 2.24. The first-order chi connectivity index (χ1) is 12.1. The van der Waals surface area contributed by atoms with Gasteiger partial charge in [0, 0.05) is 11.9 Å². The highest BCUT2D eigenvalue weighted by Crippen LogP contribution is 2.37. The summed E-state index contributed by atoms with van der Waals surface area (Å²) in [5.74, 6) is 0.606. The molecule has 0 saturated carbocycles. The summed E-state index contributed by atoms with van der Waals surface area (Å²) in [5.41, 5.74) is 2.47. The van der Waals surface area contributed by atoms with Crippen LogP contribution < -0.4 is 10.2 Å². The van der Waals surface area contributed by atoms with Crippen LogP contribution in [0.1, 0.15) is 29.3 Å². The second kappa shape index (κ2) is 6.61. The fourth-order valence-corrected chi connectivity index (χ4v) is 4.63. The van der Waals surface area contributed by atoms with E-state index in [1.54, 1.807) is 22.6 Å². The van der Waals surface area contributed by atoms with Crippen LogP contribution in [-0.2, 0) is 11.2 Å². The quantitative estimate of drug-likeness (QED) is 0.731. The summed E-state index contributed by atoms with van der Waals surface area (Å²) in [4.78, 5) is 31.1. The largest absolute Gasteiger partial charge is 0.348 e. The number of H-pyrrole nitrogens is 1. The second-order valence-electron chi connectivity index (χ2n) is 6.10. The van der Waals surface area contributed by atoms with Crippen molar-refractivity contribution in [1.29, 1.82) is 0 Å². The van der Waals surface area contributed by atoms with Crippen molar-refractivity contribution in [3.63, 3.8) is 0 Å². The number of halogens is 1. The molecule has 1 aliphatic carbocycles. The van der Waals surface area contributed by atoms with E-state index < -0.39 is 0 Å². The van der Waals surface area contributed by atoms with Gasteiger partial charge < -0.3 is 15.2 Å². The Morgan fingerprint density at radius 2 is 2.36 bits per heavy atom. The maximum Gasteiger partial charge on any atom is 0.240 e. The number of nitrogens with zero attached hydrogens (tertiary/aromatic N) is 4. The Balaban J connectivity index is 1.47. The fraction of sp³-hybridized carbons (Fsp3) is 0.375. The molecule has 1 unspecified atom stereocenters. The zero-order valence-electron chi connectivity index (χ0n) is 13.6. The van der Waals surface area contributed by atoms with Gasteiger partial charge in [0.15, 0.2) is 11.5 Å². The van der Waals surface area contributed by atoms with Crippen molar-refractivity contribution in [1.82, 2.24) is 25.3 Å². The lowest BCUT2D eigenvalue weighted by Crippen LogP contribution is -2.38. The summed E-state index contributed by atoms with van der Waals surface area (Å²) in [6.45, 7) is 0.203. The van der Waals surface area contributed by atoms with Gasteiger partial charge in [-0.1, -0.05) is 11.6 Å². The number of aromatic amines is 1. The van der Waals surface area contributed by atoms with E-state index in [2.05, 4.69) is 25.3 Å². The van der Waals surface area contributed by atoms with Crippen LogP contribution in [0.3, 0.4) is 0 Å². The number of hydrogen-bond acceptors (Lipinski definition) is 6. The highest BCUT2D eigenvalue weighted by atomic mass is 35.5. The average molecular weight is 377 g/mol. The Labute approximate surface area is 153 Å². The van der Waals surface area contributed by atoms with Gasteiger partial charge in [-0.15, -0.1) is 11.3 Å². The Morgan fingerprint density at radius 3 is 3.24 bits per heavy atom. The predicted molar refractivity (Wildman–Crippen MR) is 98.1 cm³/mol.